The average molecular weight is 400 g/mol. The third-order valence-electron chi connectivity index (χ3n) is 4.84. The molecule has 2 aromatic rings. The maximum Gasteiger partial charge on any atom is 0.269 e. The van der Waals surface area contributed by atoms with Crippen molar-refractivity contribution < 1.29 is 14.0 Å². The van der Waals surface area contributed by atoms with Gasteiger partial charge in [0.2, 0.25) is 0 Å². The number of pyridine rings is 1. The van der Waals surface area contributed by atoms with E-state index in [1.807, 2.05) is 0 Å². The molecule has 0 radical (unpaired) electrons. The molecule has 0 fully saturated rings. The lowest BCUT2D eigenvalue weighted by atomic mass is 9.98. The van der Waals surface area contributed by atoms with Crippen LogP contribution in [0.2, 0.25) is 0 Å². The van der Waals surface area contributed by atoms with Crippen LogP contribution in [0.1, 0.15) is 55.1 Å². The van der Waals surface area contributed by atoms with Crippen LogP contribution in [0.4, 0.5) is 4.39 Å². The molecule has 0 aliphatic heterocycles. The molecule has 6 heteroatoms. The van der Waals surface area contributed by atoms with Crippen molar-refractivity contribution in [3.63, 3.8) is 0 Å². The minimum Gasteiger partial charge on any atom is -0.350 e. The van der Waals surface area contributed by atoms with Gasteiger partial charge in [0, 0.05) is 31.6 Å². The van der Waals surface area contributed by atoms with Gasteiger partial charge in [0.15, 0.2) is 0 Å². The van der Waals surface area contributed by atoms with E-state index in [9.17, 15) is 14.0 Å². The van der Waals surface area contributed by atoms with Crippen molar-refractivity contribution in [1.82, 2.24) is 10.3 Å². The maximum absolute atomic E-state index is 13.7. The zero-order valence-electron chi connectivity index (χ0n) is 16.9. The molecule has 0 unspecified atom stereocenters. The van der Waals surface area contributed by atoms with Gasteiger partial charge in [0.05, 0.1) is 0 Å². The van der Waals surface area contributed by atoms with E-state index in [1.165, 1.54) is 6.07 Å². The van der Waals surface area contributed by atoms with E-state index in [0.29, 0.717) is 36.6 Å². The minimum absolute atomic E-state index is 0.116. The molecule has 0 spiro atoms. The molecule has 1 aromatic carbocycles. The minimum atomic E-state index is -0.361. The van der Waals surface area contributed by atoms with Crippen molar-refractivity contribution >= 4 is 11.7 Å². The highest BCUT2D eigenvalue weighted by Gasteiger charge is 2.13. The normalized spacial score (nSPS) is 12.9. The van der Waals surface area contributed by atoms with Gasteiger partial charge in [-0.05, 0) is 48.9 Å². The van der Waals surface area contributed by atoms with Crippen LogP contribution in [0, 0.1) is 11.7 Å². The van der Waals surface area contributed by atoms with Crippen LogP contribution in [0.25, 0.3) is 0 Å². The van der Waals surface area contributed by atoms with Gasteiger partial charge in [-0.1, -0.05) is 37.6 Å². The fraction of sp³-hybridized carbons (Fsp3) is 0.435. The number of halogens is 1. The van der Waals surface area contributed by atoms with Crippen LogP contribution in [-0.4, -0.2) is 29.3 Å². The fourth-order valence-electron chi connectivity index (χ4n) is 3.18. The molecule has 2 rings (SSSR count). The molecule has 0 saturated carbocycles. The number of hydrogen-bond donors (Lipinski definition) is 2. The summed E-state index contributed by atoms with van der Waals surface area (Å²) in [5.41, 5.74) is 6.98. The number of carbonyl (C=O) groups is 2. The Balaban J connectivity index is 1.57. The number of aromatic nitrogens is 1. The molecule has 0 aliphatic rings. The molecular weight excluding hydrogens is 369 g/mol. The summed E-state index contributed by atoms with van der Waals surface area (Å²) in [6.07, 6.45) is 5.35. The van der Waals surface area contributed by atoms with Gasteiger partial charge >= 0.3 is 0 Å². The highest BCUT2D eigenvalue weighted by molar-refractivity contribution is 5.92. The van der Waals surface area contributed by atoms with Gasteiger partial charge in [-0.2, -0.15) is 0 Å². The smallest absolute Gasteiger partial charge is 0.269 e. The Bertz CT molecular complexity index is 783. The summed E-state index contributed by atoms with van der Waals surface area (Å²) < 4.78 is 13.7. The Morgan fingerprint density at radius 1 is 1.14 bits per heavy atom. The molecule has 1 amide bonds. The third-order valence-corrected chi connectivity index (χ3v) is 4.84. The maximum atomic E-state index is 13.7. The largest absolute Gasteiger partial charge is 0.350 e. The lowest BCUT2D eigenvalue weighted by Crippen LogP contribution is -2.29. The van der Waals surface area contributed by atoms with Gasteiger partial charge in [-0.3, -0.25) is 14.6 Å². The molecule has 3 N–H and O–H groups in total. The van der Waals surface area contributed by atoms with E-state index in [4.69, 9.17) is 5.73 Å². The zero-order chi connectivity index (χ0) is 21.1. The summed E-state index contributed by atoms with van der Waals surface area (Å²) >= 11 is 0. The van der Waals surface area contributed by atoms with Crippen molar-refractivity contribution in [3.05, 3.63) is 65.7 Å². The number of hydrogen-bond acceptors (Lipinski definition) is 4. The molecular formula is C23H30FN3O2. The first kappa shape index (κ1) is 22.7. The van der Waals surface area contributed by atoms with Gasteiger partial charge < -0.3 is 11.1 Å². The predicted octanol–water partition coefficient (Wildman–Crippen LogP) is 3.68. The summed E-state index contributed by atoms with van der Waals surface area (Å²) in [7, 11) is 0. The number of amides is 1. The Morgan fingerprint density at radius 3 is 2.62 bits per heavy atom. The summed E-state index contributed by atoms with van der Waals surface area (Å²) in [5.74, 6) is -0.0120. The van der Waals surface area contributed by atoms with Crippen molar-refractivity contribution in [3.8, 4) is 0 Å². The van der Waals surface area contributed by atoms with Crippen molar-refractivity contribution in [2.24, 2.45) is 11.7 Å². The van der Waals surface area contributed by atoms with Crippen LogP contribution in [0.15, 0.2) is 48.7 Å². The zero-order valence-corrected chi connectivity index (χ0v) is 16.9. The molecule has 156 valence electrons. The highest BCUT2D eigenvalue weighted by atomic mass is 19.1. The fourth-order valence-corrected chi connectivity index (χ4v) is 3.18. The van der Waals surface area contributed by atoms with Gasteiger partial charge in [0.25, 0.3) is 5.91 Å². The number of ketones is 1. The van der Waals surface area contributed by atoms with E-state index in [1.54, 1.807) is 42.6 Å². The molecule has 1 aromatic heterocycles. The van der Waals surface area contributed by atoms with E-state index in [2.05, 4.69) is 17.2 Å². The number of nitrogens with zero attached hydrogens (tertiary/aromatic N) is 1. The van der Waals surface area contributed by atoms with E-state index in [0.717, 1.165) is 19.3 Å². The average Bonchev–Trinajstić information content (AvgIpc) is 2.71. The monoisotopic (exact) mass is 399 g/mol. The lowest BCUT2D eigenvalue weighted by molar-refractivity contribution is -0.119. The number of rotatable bonds is 12. The predicted molar refractivity (Wildman–Crippen MR) is 112 cm³/mol. The number of nitrogens with one attached hydrogen (secondary N) is 1. The highest BCUT2D eigenvalue weighted by Crippen LogP contribution is 2.13. The number of carbonyl (C=O) groups excluding carboxylic acids is 2. The second-order valence-corrected chi connectivity index (χ2v) is 7.57. The summed E-state index contributed by atoms with van der Waals surface area (Å²) in [6, 6.07) is 11.4. The summed E-state index contributed by atoms with van der Waals surface area (Å²) in [4.78, 5) is 28.1. The molecule has 29 heavy (non-hydrogen) atoms. The molecule has 5 nitrogen and oxygen atoms in total. The second kappa shape index (κ2) is 12.1. The Hall–Kier alpha value is -2.60. The second-order valence-electron chi connectivity index (χ2n) is 7.57. The molecule has 1 heterocycles. The Morgan fingerprint density at radius 2 is 1.90 bits per heavy atom. The first-order valence-corrected chi connectivity index (χ1v) is 10.2. The molecule has 2 atom stereocenters. The number of Topliss-reactive ketones (excluding diaryl/α,β-unsaturated/α-hetero) is 1. The lowest BCUT2D eigenvalue weighted by Gasteiger charge is -2.13. The molecule has 0 bridgehead atoms. The van der Waals surface area contributed by atoms with Crippen molar-refractivity contribution in [2.45, 2.75) is 51.5 Å². The number of nitrogens with two attached hydrogens (primary N) is 1. The van der Waals surface area contributed by atoms with E-state index >= 15 is 0 Å². The van der Waals surface area contributed by atoms with Gasteiger partial charge in [0.1, 0.15) is 17.3 Å². The van der Waals surface area contributed by atoms with Crippen LogP contribution in [0.5, 0.6) is 0 Å². The number of benzene rings is 1. The molecule has 0 saturated heterocycles. The van der Waals surface area contributed by atoms with Crippen molar-refractivity contribution in [1.29, 1.82) is 0 Å². The summed E-state index contributed by atoms with van der Waals surface area (Å²) in [6.45, 7) is 2.65. The van der Waals surface area contributed by atoms with Gasteiger partial charge in [-0.15, -0.1) is 0 Å². The van der Waals surface area contributed by atoms with Crippen LogP contribution < -0.4 is 11.1 Å². The quantitative estimate of drug-likeness (QED) is 0.533. The molecule has 0 aliphatic carbocycles. The van der Waals surface area contributed by atoms with Crippen LogP contribution in [0.3, 0.4) is 0 Å². The van der Waals surface area contributed by atoms with Crippen LogP contribution in [-0.2, 0) is 11.2 Å². The first-order valence-electron chi connectivity index (χ1n) is 10.2. The standard InChI is InChI=1S/C23H30FN3O2/c1-17(16-27-23(29)22-12-6-7-13-26-22)8-2-4-10-20(28)15-19(25)14-18-9-3-5-11-21(18)24/h3,5-7,9,11-13,17,19H,2,4,8,10,14-16,25H2,1H3,(H,27,29)/t17-,19+/m0/s1. The van der Waals surface area contributed by atoms with E-state index in [-0.39, 0.29) is 30.0 Å². The SMILES string of the molecule is C[C@@H](CCCCC(=O)C[C@H](N)Cc1ccccc1F)CNC(=O)c1ccccn1. The van der Waals surface area contributed by atoms with E-state index < -0.39 is 0 Å². The van der Waals surface area contributed by atoms with Crippen molar-refractivity contribution in [2.75, 3.05) is 6.54 Å². The Labute approximate surface area is 171 Å². The topological polar surface area (TPSA) is 85.1 Å². The first-order chi connectivity index (χ1) is 14.0. The third kappa shape index (κ3) is 8.52. The number of unbranched alkanes of at least 4 members (excludes halogenated alkanes) is 1. The van der Waals surface area contributed by atoms with Crippen LogP contribution >= 0.6 is 0 Å². The Kier molecular flexibility index (Phi) is 9.44. The van der Waals surface area contributed by atoms with Gasteiger partial charge in [-0.25, -0.2) is 4.39 Å². The summed E-state index contributed by atoms with van der Waals surface area (Å²) in [5, 5.41) is 2.89.